The molecule has 0 aliphatic rings. The Morgan fingerprint density at radius 3 is 2.38 bits per heavy atom. The molecule has 3 aromatic rings. The molecule has 0 aliphatic heterocycles. The molecule has 3 nitrogen and oxygen atoms in total. The molecule has 0 fully saturated rings. The number of rotatable bonds is 4. The van der Waals surface area contributed by atoms with Crippen LogP contribution in [0.1, 0.15) is 11.3 Å². The zero-order chi connectivity index (χ0) is 14.7. The van der Waals surface area contributed by atoms with Crippen LogP contribution in [0.2, 0.25) is 0 Å². The zero-order valence-corrected chi connectivity index (χ0v) is 11.7. The molecule has 0 bridgehead atoms. The van der Waals surface area contributed by atoms with Crippen molar-refractivity contribution < 1.29 is 5.11 Å². The van der Waals surface area contributed by atoms with Crippen LogP contribution >= 0.6 is 0 Å². The highest BCUT2D eigenvalue weighted by molar-refractivity contribution is 5.78. The summed E-state index contributed by atoms with van der Waals surface area (Å²) in [6.07, 6.45) is 0.401. The molecule has 0 spiro atoms. The molecule has 1 heterocycles. The third kappa shape index (κ3) is 2.79. The van der Waals surface area contributed by atoms with Gasteiger partial charge in [-0.15, -0.1) is 0 Å². The van der Waals surface area contributed by atoms with E-state index in [-0.39, 0.29) is 6.54 Å². The highest BCUT2D eigenvalue weighted by atomic mass is 16.3. The highest BCUT2D eigenvalue weighted by Crippen LogP contribution is 2.25. The van der Waals surface area contributed by atoms with E-state index in [0.717, 1.165) is 22.2 Å². The van der Waals surface area contributed by atoms with E-state index in [1.165, 1.54) is 0 Å². The number of aliphatic hydroxyl groups is 1. The molecule has 0 saturated carbocycles. The summed E-state index contributed by atoms with van der Waals surface area (Å²) in [6, 6.07) is 21.5. The van der Waals surface area contributed by atoms with Gasteiger partial charge in [-0.05, 0) is 17.7 Å². The lowest BCUT2D eigenvalue weighted by molar-refractivity contribution is 0.0454. The van der Waals surface area contributed by atoms with Crippen LogP contribution in [-0.4, -0.2) is 16.6 Å². The first-order valence-electron chi connectivity index (χ1n) is 7.04. The summed E-state index contributed by atoms with van der Waals surface area (Å²) in [7, 11) is 0. The van der Waals surface area contributed by atoms with Gasteiger partial charge in [-0.25, -0.2) is 0 Å². The van der Waals surface area contributed by atoms with Crippen LogP contribution in [0.3, 0.4) is 0 Å². The quantitative estimate of drug-likeness (QED) is 0.771. The first-order valence-corrected chi connectivity index (χ1v) is 7.04. The van der Waals surface area contributed by atoms with E-state index >= 15 is 0 Å². The van der Waals surface area contributed by atoms with Crippen molar-refractivity contribution >= 4 is 10.9 Å². The van der Waals surface area contributed by atoms with Gasteiger partial charge in [0.2, 0.25) is 0 Å². The van der Waals surface area contributed by atoms with Gasteiger partial charge in [0.05, 0.1) is 5.52 Å². The predicted molar refractivity (Wildman–Crippen MR) is 84.8 cm³/mol. The van der Waals surface area contributed by atoms with Crippen LogP contribution in [0.5, 0.6) is 0 Å². The SMILES string of the molecule is NCC(O)(Cc1ccc2ccccc2n1)c1ccccc1. The van der Waals surface area contributed by atoms with Gasteiger partial charge < -0.3 is 10.8 Å². The Morgan fingerprint density at radius 1 is 0.905 bits per heavy atom. The van der Waals surface area contributed by atoms with Gasteiger partial charge in [-0.3, -0.25) is 4.98 Å². The largest absolute Gasteiger partial charge is 0.383 e. The molecule has 0 aliphatic carbocycles. The molecule has 3 heteroatoms. The summed E-state index contributed by atoms with van der Waals surface area (Å²) in [5.41, 5.74) is 7.33. The molecule has 21 heavy (non-hydrogen) atoms. The Balaban J connectivity index is 1.95. The van der Waals surface area contributed by atoms with Crippen LogP contribution < -0.4 is 5.73 Å². The Kier molecular flexibility index (Phi) is 3.69. The second kappa shape index (κ2) is 5.64. The first kappa shape index (κ1) is 13.7. The summed E-state index contributed by atoms with van der Waals surface area (Å²) in [5, 5.41) is 11.9. The monoisotopic (exact) mass is 278 g/mol. The van der Waals surface area contributed by atoms with Crippen molar-refractivity contribution in [2.45, 2.75) is 12.0 Å². The summed E-state index contributed by atoms with van der Waals surface area (Å²) >= 11 is 0. The van der Waals surface area contributed by atoms with E-state index < -0.39 is 5.60 Å². The standard InChI is InChI=1S/C18H18N2O/c19-13-18(21,15-7-2-1-3-8-15)12-16-11-10-14-6-4-5-9-17(14)20-16/h1-11,21H,12-13,19H2. The molecule has 0 saturated heterocycles. The lowest BCUT2D eigenvalue weighted by Gasteiger charge is -2.27. The number of nitrogens with two attached hydrogens (primary N) is 1. The average molecular weight is 278 g/mol. The number of para-hydroxylation sites is 1. The Labute approximate surface area is 124 Å². The van der Waals surface area contributed by atoms with Gasteiger partial charge in [-0.2, -0.15) is 0 Å². The molecular formula is C18H18N2O. The Hall–Kier alpha value is -2.23. The van der Waals surface area contributed by atoms with Crippen molar-refractivity contribution in [1.29, 1.82) is 0 Å². The number of benzene rings is 2. The van der Waals surface area contributed by atoms with Gasteiger partial charge in [0.25, 0.3) is 0 Å². The molecule has 1 aromatic heterocycles. The summed E-state index contributed by atoms with van der Waals surface area (Å²) < 4.78 is 0. The maximum absolute atomic E-state index is 10.9. The third-order valence-corrected chi connectivity index (χ3v) is 3.78. The van der Waals surface area contributed by atoms with Crippen LogP contribution in [0, 0.1) is 0 Å². The minimum Gasteiger partial charge on any atom is -0.383 e. The Morgan fingerprint density at radius 2 is 1.62 bits per heavy atom. The lowest BCUT2D eigenvalue weighted by atomic mass is 9.89. The molecular weight excluding hydrogens is 260 g/mol. The molecule has 0 radical (unpaired) electrons. The second-order valence-corrected chi connectivity index (χ2v) is 5.27. The van der Waals surface area contributed by atoms with Crippen LogP contribution in [0.15, 0.2) is 66.7 Å². The topological polar surface area (TPSA) is 59.1 Å². The molecule has 3 rings (SSSR count). The van der Waals surface area contributed by atoms with Gasteiger partial charge in [0.1, 0.15) is 5.60 Å². The molecule has 106 valence electrons. The van der Waals surface area contributed by atoms with Gasteiger partial charge in [0.15, 0.2) is 0 Å². The summed E-state index contributed by atoms with van der Waals surface area (Å²) in [6.45, 7) is 0.158. The predicted octanol–water partition coefficient (Wildman–Crippen LogP) is 2.62. The number of hydrogen-bond donors (Lipinski definition) is 2. The first-order chi connectivity index (χ1) is 10.2. The smallest absolute Gasteiger partial charge is 0.107 e. The minimum atomic E-state index is -1.09. The minimum absolute atomic E-state index is 0.158. The molecule has 3 N–H and O–H groups in total. The number of hydrogen-bond acceptors (Lipinski definition) is 3. The van der Waals surface area contributed by atoms with E-state index in [2.05, 4.69) is 4.98 Å². The van der Waals surface area contributed by atoms with Gasteiger partial charge >= 0.3 is 0 Å². The highest BCUT2D eigenvalue weighted by Gasteiger charge is 2.28. The van der Waals surface area contributed by atoms with Crippen molar-refractivity contribution in [1.82, 2.24) is 4.98 Å². The number of aromatic nitrogens is 1. The van der Waals surface area contributed by atoms with E-state index in [1.54, 1.807) is 0 Å². The average Bonchev–Trinajstić information content (AvgIpc) is 2.55. The van der Waals surface area contributed by atoms with Crippen LogP contribution in [0.25, 0.3) is 10.9 Å². The summed E-state index contributed by atoms with van der Waals surface area (Å²) in [4.78, 5) is 4.62. The van der Waals surface area contributed by atoms with Crippen molar-refractivity contribution in [3.05, 3.63) is 78.0 Å². The molecule has 0 amide bonds. The fourth-order valence-corrected chi connectivity index (χ4v) is 2.55. The lowest BCUT2D eigenvalue weighted by Crippen LogP contribution is -2.37. The van der Waals surface area contributed by atoms with Gasteiger partial charge in [0, 0.05) is 24.0 Å². The fraction of sp³-hybridized carbons (Fsp3) is 0.167. The fourth-order valence-electron chi connectivity index (χ4n) is 2.55. The van der Waals surface area contributed by atoms with Crippen LogP contribution in [-0.2, 0) is 12.0 Å². The molecule has 1 atom stereocenters. The maximum atomic E-state index is 10.9. The van der Waals surface area contributed by atoms with Crippen LogP contribution in [0.4, 0.5) is 0 Å². The number of pyridine rings is 1. The van der Waals surface area contributed by atoms with E-state index in [4.69, 9.17) is 5.73 Å². The van der Waals surface area contributed by atoms with E-state index in [9.17, 15) is 5.11 Å². The summed E-state index contributed by atoms with van der Waals surface area (Å²) in [5.74, 6) is 0. The number of fused-ring (bicyclic) bond motifs is 1. The van der Waals surface area contributed by atoms with Crippen molar-refractivity contribution in [3.63, 3.8) is 0 Å². The molecule has 1 unspecified atom stereocenters. The zero-order valence-electron chi connectivity index (χ0n) is 11.7. The van der Waals surface area contributed by atoms with Crippen molar-refractivity contribution in [2.75, 3.05) is 6.54 Å². The normalized spacial score (nSPS) is 14.0. The Bertz CT molecular complexity index is 742. The van der Waals surface area contributed by atoms with Crippen molar-refractivity contribution in [2.24, 2.45) is 5.73 Å². The van der Waals surface area contributed by atoms with E-state index in [0.29, 0.717) is 6.42 Å². The van der Waals surface area contributed by atoms with Gasteiger partial charge in [-0.1, -0.05) is 54.6 Å². The van der Waals surface area contributed by atoms with Crippen molar-refractivity contribution in [3.8, 4) is 0 Å². The second-order valence-electron chi connectivity index (χ2n) is 5.27. The number of nitrogens with zero attached hydrogens (tertiary/aromatic N) is 1. The van der Waals surface area contributed by atoms with E-state index in [1.807, 2.05) is 66.7 Å². The maximum Gasteiger partial charge on any atom is 0.107 e. The molecule has 2 aromatic carbocycles. The third-order valence-electron chi connectivity index (χ3n) is 3.78.